The van der Waals surface area contributed by atoms with E-state index < -0.39 is 0 Å². The number of rotatable bonds is 0. The van der Waals surface area contributed by atoms with E-state index in [1.807, 2.05) is 0 Å². The van der Waals surface area contributed by atoms with E-state index in [0.717, 1.165) is 23.7 Å². The topological polar surface area (TPSA) is 26.3 Å². The maximum absolute atomic E-state index is 12.7. The normalized spacial score (nSPS) is 52.5. The van der Waals surface area contributed by atoms with Gasteiger partial charge in [-0.2, -0.15) is 0 Å². The molecule has 0 radical (unpaired) electrons. The van der Waals surface area contributed by atoms with E-state index in [-0.39, 0.29) is 19.8 Å². The molecule has 0 aromatic rings. The average molecular weight is 339 g/mol. The Balaban J connectivity index is 1.54. The number of Topliss-reactive ketones (excluding diaryl/α,β-unsaturated/α-hetero) is 1. The number of ketones is 1. The third-order valence-corrected chi connectivity index (χ3v) is 12.2. The van der Waals surface area contributed by atoms with Gasteiger partial charge in [-0.3, -0.25) is 8.98 Å². The summed E-state index contributed by atoms with van der Waals surface area (Å²) in [5.74, 6) is 3.78. The molecule has 0 N–H and O–H groups in total. The van der Waals surface area contributed by atoms with Crippen LogP contribution in [0.4, 0.5) is 0 Å². The van der Waals surface area contributed by atoms with Crippen LogP contribution < -0.4 is 0 Å². The lowest BCUT2D eigenvalue weighted by Gasteiger charge is -2.63. The molecule has 1 saturated heterocycles. The van der Waals surface area contributed by atoms with Gasteiger partial charge in [0, 0.05) is 12.0 Å². The summed E-state index contributed by atoms with van der Waals surface area (Å²) in [6.07, 6.45) is 6.94. The van der Waals surface area contributed by atoms with Crippen LogP contribution in [-0.2, 0) is 8.98 Å². The summed E-state index contributed by atoms with van der Waals surface area (Å²) in [6.45, 7) is 8.55. The van der Waals surface area contributed by atoms with E-state index in [4.69, 9.17) is 4.18 Å². The first-order valence-electron chi connectivity index (χ1n) is 8.85. The van der Waals surface area contributed by atoms with Crippen molar-refractivity contribution in [2.45, 2.75) is 68.8 Å². The Morgan fingerprint density at radius 3 is 1.91 bits per heavy atom. The number of carbonyl (C=O) groups is 1. The summed E-state index contributed by atoms with van der Waals surface area (Å²) >= 11 is 3.74. The molecule has 4 bridgehead atoms. The largest absolute Gasteiger partial charge is 0.298 e. The molecule has 0 amide bonds. The molecule has 6 rings (SSSR count). The molecule has 2 nitrogen and oxygen atoms in total. The van der Waals surface area contributed by atoms with Gasteiger partial charge in [0.15, 0.2) is 0 Å². The highest BCUT2D eigenvalue weighted by atomic mass is 32.2. The second kappa shape index (κ2) is 3.94. The van der Waals surface area contributed by atoms with E-state index in [2.05, 4.69) is 39.5 Å². The second-order valence-corrected chi connectivity index (χ2v) is 12.1. The fraction of sp³-hybridized carbons (Fsp3) is 0.944. The van der Waals surface area contributed by atoms with Crippen LogP contribution in [0.15, 0.2) is 0 Å². The van der Waals surface area contributed by atoms with Crippen molar-refractivity contribution in [2.75, 3.05) is 0 Å². The van der Waals surface area contributed by atoms with Gasteiger partial charge in [0.2, 0.25) is 0 Å². The van der Waals surface area contributed by atoms with Crippen molar-refractivity contribution in [3.8, 4) is 0 Å². The minimum Gasteiger partial charge on any atom is -0.298 e. The lowest BCUT2D eigenvalue weighted by Crippen LogP contribution is -2.70. The molecule has 0 atom stereocenters. The van der Waals surface area contributed by atoms with Gasteiger partial charge in [-0.1, -0.05) is 27.7 Å². The Bertz CT molecular complexity index is 519. The fourth-order valence-corrected chi connectivity index (χ4v) is 10.6. The van der Waals surface area contributed by atoms with Crippen LogP contribution in [0.3, 0.4) is 0 Å². The third kappa shape index (κ3) is 1.34. The lowest BCUT2D eigenvalue weighted by atomic mass is 9.53. The highest BCUT2D eigenvalue weighted by Gasteiger charge is 2.80. The Kier molecular flexibility index (Phi) is 2.62. The molecule has 22 heavy (non-hydrogen) atoms. The number of hydrogen-bond donors (Lipinski definition) is 0. The van der Waals surface area contributed by atoms with Crippen LogP contribution in [0.25, 0.3) is 0 Å². The number of thioether (sulfide) groups is 1. The van der Waals surface area contributed by atoms with Crippen LogP contribution in [-0.4, -0.2) is 14.8 Å². The molecule has 6 aliphatic rings. The predicted molar refractivity (Wildman–Crippen MR) is 91.3 cm³/mol. The molecule has 6 fully saturated rings. The van der Waals surface area contributed by atoms with Gasteiger partial charge in [-0.15, -0.1) is 11.8 Å². The summed E-state index contributed by atoms with van der Waals surface area (Å²) in [6, 6.07) is 0. The molecule has 4 heteroatoms. The summed E-state index contributed by atoms with van der Waals surface area (Å²) in [5, 5.41) is 0. The summed E-state index contributed by atoms with van der Waals surface area (Å²) in [7, 11) is 0. The van der Waals surface area contributed by atoms with Crippen molar-refractivity contribution in [1.82, 2.24) is 0 Å². The number of carbonyl (C=O) groups excluding carboxylic acids is 1. The Labute approximate surface area is 142 Å². The van der Waals surface area contributed by atoms with E-state index in [1.165, 1.54) is 32.1 Å². The van der Waals surface area contributed by atoms with Crippen LogP contribution in [0.2, 0.25) is 0 Å². The minimum absolute atomic E-state index is 0.00727. The van der Waals surface area contributed by atoms with E-state index in [1.54, 1.807) is 12.0 Å². The third-order valence-electron chi connectivity index (χ3n) is 7.65. The number of hydrogen-bond acceptors (Lipinski definition) is 4. The molecular formula is C18H26O2S2. The van der Waals surface area contributed by atoms with E-state index in [0.29, 0.717) is 5.78 Å². The van der Waals surface area contributed by atoms with Gasteiger partial charge in [-0.05, 0) is 55.8 Å². The first-order chi connectivity index (χ1) is 10.2. The van der Waals surface area contributed by atoms with E-state index in [9.17, 15) is 4.79 Å². The van der Waals surface area contributed by atoms with Crippen LogP contribution >= 0.6 is 23.8 Å². The zero-order chi connectivity index (χ0) is 15.5. The summed E-state index contributed by atoms with van der Waals surface area (Å²) in [4.78, 5) is 12.7. The highest BCUT2D eigenvalue weighted by molar-refractivity contribution is 8.19. The molecule has 0 unspecified atom stereocenters. The highest BCUT2D eigenvalue weighted by Crippen LogP contribution is 2.81. The van der Waals surface area contributed by atoms with Gasteiger partial charge < -0.3 is 0 Å². The molecule has 0 aromatic heterocycles. The molecule has 122 valence electrons. The van der Waals surface area contributed by atoms with Gasteiger partial charge in [0.1, 0.15) is 14.8 Å². The summed E-state index contributed by atoms with van der Waals surface area (Å²) in [5.41, 5.74) is -0.548. The molecule has 5 aliphatic carbocycles. The SMILES string of the molecule is CC1(C)C(=O)C(C)(C)C12SOC1(S2)C2CC3CC(C2)CC1C3. The van der Waals surface area contributed by atoms with Crippen molar-refractivity contribution in [3.05, 3.63) is 0 Å². The Morgan fingerprint density at radius 2 is 1.41 bits per heavy atom. The quantitative estimate of drug-likeness (QED) is 0.588. The maximum atomic E-state index is 12.7. The van der Waals surface area contributed by atoms with Crippen LogP contribution in [0, 0.1) is 34.5 Å². The van der Waals surface area contributed by atoms with Crippen molar-refractivity contribution in [1.29, 1.82) is 0 Å². The monoisotopic (exact) mass is 338 g/mol. The van der Waals surface area contributed by atoms with Crippen molar-refractivity contribution in [3.63, 3.8) is 0 Å². The molecule has 2 spiro atoms. The van der Waals surface area contributed by atoms with Gasteiger partial charge >= 0.3 is 0 Å². The molecule has 5 saturated carbocycles. The van der Waals surface area contributed by atoms with Crippen molar-refractivity contribution >= 4 is 29.6 Å². The Morgan fingerprint density at radius 1 is 0.909 bits per heavy atom. The Hall–Kier alpha value is 0.330. The first kappa shape index (κ1) is 14.7. The molecule has 1 heterocycles. The second-order valence-electron chi connectivity index (χ2n) is 9.49. The molecule has 1 aliphatic heterocycles. The molecular weight excluding hydrogens is 312 g/mol. The van der Waals surface area contributed by atoms with E-state index >= 15 is 0 Å². The van der Waals surface area contributed by atoms with Crippen LogP contribution in [0.5, 0.6) is 0 Å². The lowest BCUT2D eigenvalue weighted by molar-refractivity contribution is -0.152. The minimum atomic E-state index is -0.274. The van der Waals surface area contributed by atoms with Crippen LogP contribution in [0.1, 0.15) is 59.8 Å². The maximum Gasteiger partial charge on any atom is 0.148 e. The standard InChI is InChI=1S/C18H26O2S2/c1-15(2)14(19)16(3,4)18(15)21-17(20-22-18)12-6-10-5-11(8-12)9-13(17)7-10/h10-13H,5-9H2,1-4H3. The van der Waals surface area contributed by atoms with Gasteiger partial charge in [0.25, 0.3) is 0 Å². The molecule has 0 aromatic carbocycles. The smallest absolute Gasteiger partial charge is 0.148 e. The zero-order valence-corrected chi connectivity index (χ0v) is 15.6. The van der Waals surface area contributed by atoms with Crippen molar-refractivity contribution in [2.24, 2.45) is 34.5 Å². The zero-order valence-electron chi connectivity index (χ0n) is 14.0. The predicted octanol–water partition coefficient (Wildman–Crippen LogP) is 4.88. The first-order valence-corrected chi connectivity index (χ1v) is 10.4. The van der Waals surface area contributed by atoms with Gasteiger partial charge in [0.05, 0.1) is 10.8 Å². The average Bonchev–Trinajstić information content (AvgIpc) is 2.88. The van der Waals surface area contributed by atoms with Gasteiger partial charge in [-0.25, -0.2) is 0 Å². The summed E-state index contributed by atoms with van der Waals surface area (Å²) < 4.78 is 6.53. The fourth-order valence-electron chi connectivity index (χ4n) is 6.79. The van der Waals surface area contributed by atoms with Crippen molar-refractivity contribution < 1.29 is 8.98 Å².